The molecule has 0 aliphatic carbocycles. The Morgan fingerprint density at radius 3 is 2.67 bits per heavy atom. The number of aryl methyl sites for hydroxylation is 1. The first-order chi connectivity index (χ1) is 14.7. The number of fused-ring (bicyclic) bond motifs is 1. The number of rotatable bonds is 7. The molecule has 4 rings (SSSR count). The Balaban J connectivity index is 1.50. The normalized spacial score (nSPS) is 15.9. The molecule has 0 radical (unpaired) electrons. The molecule has 158 valence electrons. The van der Waals surface area contributed by atoms with E-state index in [9.17, 15) is 4.79 Å². The van der Waals surface area contributed by atoms with Crippen molar-refractivity contribution in [3.05, 3.63) is 64.9 Å². The summed E-state index contributed by atoms with van der Waals surface area (Å²) in [5, 5.41) is 3.85. The lowest BCUT2D eigenvalue weighted by atomic mass is 10.0. The van der Waals surface area contributed by atoms with Gasteiger partial charge in [0.15, 0.2) is 0 Å². The number of carbonyl (C=O) groups excluding carboxylic acids is 1. The van der Waals surface area contributed by atoms with Gasteiger partial charge in [0.2, 0.25) is 5.91 Å². The summed E-state index contributed by atoms with van der Waals surface area (Å²) >= 11 is 6.49. The van der Waals surface area contributed by atoms with Crippen molar-refractivity contribution >= 4 is 28.5 Å². The van der Waals surface area contributed by atoms with E-state index in [1.807, 2.05) is 53.1 Å². The number of hydrogen-bond donors (Lipinski definition) is 1. The largest absolute Gasteiger partial charge is 0.379 e. The Morgan fingerprint density at radius 1 is 1.17 bits per heavy atom. The van der Waals surface area contributed by atoms with Crippen LogP contribution in [-0.2, 0) is 22.5 Å². The van der Waals surface area contributed by atoms with Crippen LogP contribution in [0, 0.1) is 0 Å². The summed E-state index contributed by atoms with van der Waals surface area (Å²) in [5.74, 6) is 0.889. The maximum atomic E-state index is 12.9. The highest BCUT2D eigenvalue weighted by atomic mass is 35.5. The predicted molar refractivity (Wildman–Crippen MR) is 119 cm³/mol. The van der Waals surface area contributed by atoms with Crippen molar-refractivity contribution in [2.45, 2.75) is 25.9 Å². The number of aromatic nitrogens is 2. The van der Waals surface area contributed by atoms with E-state index in [1.54, 1.807) is 0 Å². The van der Waals surface area contributed by atoms with Crippen LogP contribution in [0.5, 0.6) is 0 Å². The molecule has 1 unspecified atom stereocenters. The third-order valence-corrected chi connectivity index (χ3v) is 5.94. The number of halogens is 1. The Bertz CT molecular complexity index is 1010. The van der Waals surface area contributed by atoms with Crippen molar-refractivity contribution in [3.8, 4) is 0 Å². The highest BCUT2D eigenvalue weighted by Gasteiger charge is 2.25. The van der Waals surface area contributed by atoms with Gasteiger partial charge in [0.1, 0.15) is 12.4 Å². The van der Waals surface area contributed by atoms with Gasteiger partial charge >= 0.3 is 0 Å². The zero-order valence-electron chi connectivity index (χ0n) is 17.2. The second kappa shape index (κ2) is 9.60. The molecule has 1 N–H and O–H groups in total. The first-order valence-corrected chi connectivity index (χ1v) is 10.8. The van der Waals surface area contributed by atoms with E-state index in [2.05, 4.69) is 22.1 Å². The highest BCUT2D eigenvalue weighted by molar-refractivity contribution is 6.31. The van der Waals surface area contributed by atoms with Gasteiger partial charge in [-0.15, -0.1) is 0 Å². The third-order valence-electron chi connectivity index (χ3n) is 5.59. The topological polar surface area (TPSA) is 59.4 Å². The summed E-state index contributed by atoms with van der Waals surface area (Å²) in [7, 11) is 0. The van der Waals surface area contributed by atoms with Gasteiger partial charge in [-0.3, -0.25) is 9.69 Å². The predicted octanol–water partition coefficient (Wildman–Crippen LogP) is 3.44. The lowest BCUT2D eigenvalue weighted by molar-refractivity contribution is -0.122. The van der Waals surface area contributed by atoms with Crippen LogP contribution >= 0.6 is 11.6 Å². The molecule has 1 atom stereocenters. The second-order valence-electron chi connectivity index (χ2n) is 7.45. The van der Waals surface area contributed by atoms with Crippen molar-refractivity contribution in [2.75, 3.05) is 32.8 Å². The average molecular weight is 427 g/mol. The van der Waals surface area contributed by atoms with Gasteiger partial charge in [0.25, 0.3) is 0 Å². The fraction of sp³-hybridized carbons (Fsp3) is 0.391. The van der Waals surface area contributed by atoms with Gasteiger partial charge in [0.05, 0.1) is 30.3 Å². The van der Waals surface area contributed by atoms with Gasteiger partial charge in [0, 0.05) is 31.1 Å². The maximum absolute atomic E-state index is 12.9. The number of para-hydroxylation sites is 2. The minimum Gasteiger partial charge on any atom is -0.379 e. The molecule has 1 aliphatic heterocycles. The van der Waals surface area contributed by atoms with E-state index in [0.717, 1.165) is 47.0 Å². The van der Waals surface area contributed by atoms with Gasteiger partial charge < -0.3 is 14.6 Å². The number of hydrogen-bond acceptors (Lipinski definition) is 4. The van der Waals surface area contributed by atoms with Crippen molar-refractivity contribution in [1.29, 1.82) is 0 Å². The molecule has 0 spiro atoms. The molecule has 1 fully saturated rings. The monoisotopic (exact) mass is 426 g/mol. The van der Waals surface area contributed by atoms with Gasteiger partial charge in [-0.25, -0.2) is 4.98 Å². The quantitative estimate of drug-likeness (QED) is 0.628. The van der Waals surface area contributed by atoms with Crippen LogP contribution < -0.4 is 5.32 Å². The van der Waals surface area contributed by atoms with Crippen LogP contribution in [-0.4, -0.2) is 53.2 Å². The van der Waals surface area contributed by atoms with E-state index in [1.165, 1.54) is 0 Å². The first kappa shape index (κ1) is 20.8. The van der Waals surface area contributed by atoms with Crippen LogP contribution in [0.4, 0.5) is 0 Å². The number of carbonyl (C=O) groups is 1. The SMILES string of the molecule is CCc1nc2ccccc2n1CC(=O)NCC(c1ccccc1Cl)N1CCOCC1. The minimum absolute atomic E-state index is 0.0109. The van der Waals surface area contributed by atoms with Crippen LogP contribution in [0.2, 0.25) is 5.02 Å². The zero-order chi connectivity index (χ0) is 20.9. The number of morpholine rings is 1. The Kier molecular flexibility index (Phi) is 6.67. The molecule has 6 nitrogen and oxygen atoms in total. The molecule has 3 aromatic rings. The molecule has 2 aromatic carbocycles. The average Bonchev–Trinajstić information content (AvgIpc) is 3.13. The highest BCUT2D eigenvalue weighted by Crippen LogP contribution is 2.27. The number of nitrogens with zero attached hydrogens (tertiary/aromatic N) is 3. The zero-order valence-corrected chi connectivity index (χ0v) is 17.9. The number of nitrogens with one attached hydrogen (secondary N) is 1. The first-order valence-electron chi connectivity index (χ1n) is 10.4. The van der Waals surface area contributed by atoms with Crippen LogP contribution in [0.25, 0.3) is 11.0 Å². The molecule has 1 amide bonds. The number of imidazole rings is 1. The molecule has 1 aliphatic rings. The van der Waals surface area contributed by atoms with E-state index in [0.29, 0.717) is 19.8 Å². The van der Waals surface area contributed by atoms with Gasteiger partial charge in [-0.2, -0.15) is 0 Å². The molecular weight excluding hydrogens is 400 g/mol. The molecule has 0 bridgehead atoms. The van der Waals surface area contributed by atoms with Crippen molar-refractivity contribution in [2.24, 2.45) is 0 Å². The molecule has 30 heavy (non-hydrogen) atoms. The summed E-state index contributed by atoms with van der Waals surface area (Å²) in [6.07, 6.45) is 0.776. The van der Waals surface area contributed by atoms with Crippen LogP contribution in [0.1, 0.15) is 24.4 Å². The second-order valence-corrected chi connectivity index (χ2v) is 7.85. The van der Waals surface area contributed by atoms with Gasteiger partial charge in [-0.1, -0.05) is 48.9 Å². The number of benzene rings is 2. The maximum Gasteiger partial charge on any atom is 0.240 e. The fourth-order valence-corrected chi connectivity index (χ4v) is 4.31. The Morgan fingerprint density at radius 2 is 1.90 bits per heavy atom. The third kappa shape index (κ3) is 4.51. The molecule has 2 heterocycles. The number of ether oxygens (including phenoxy) is 1. The summed E-state index contributed by atoms with van der Waals surface area (Å²) in [6.45, 7) is 5.82. The van der Waals surface area contributed by atoms with E-state index < -0.39 is 0 Å². The summed E-state index contributed by atoms with van der Waals surface area (Å²) in [5.41, 5.74) is 2.94. The van der Waals surface area contributed by atoms with Crippen molar-refractivity contribution in [3.63, 3.8) is 0 Å². The van der Waals surface area contributed by atoms with Crippen LogP contribution in [0.15, 0.2) is 48.5 Å². The van der Waals surface area contributed by atoms with Gasteiger partial charge in [-0.05, 0) is 23.8 Å². The Hall–Kier alpha value is -2.41. The molecule has 1 saturated heterocycles. The smallest absolute Gasteiger partial charge is 0.240 e. The van der Waals surface area contributed by atoms with E-state index >= 15 is 0 Å². The lowest BCUT2D eigenvalue weighted by Crippen LogP contribution is -2.44. The molecular formula is C23H27ClN4O2. The standard InChI is InChI=1S/C23H27ClN4O2/c1-2-22-26-19-9-5-6-10-20(19)28(22)16-23(29)25-15-21(27-11-13-30-14-12-27)17-7-3-4-8-18(17)24/h3-10,21H,2,11-16H2,1H3,(H,25,29). The van der Waals surface area contributed by atoms with Crippen LogP contribution in [0.3, 0.4) is 0 Å². The molecule has 1 aromatic heterocycles. The minimum atomic E-state index is -0.0295. The van der Waals surface area contributed by atoms with Crippen molar-refractivity contribution in [1.82, 2.24) is 19.8 Å². The molecule has 0 saturated carbocycles. The Labute approximate surface area is 181 Å². The fourth-order valence-electron chi connectivity index (χ4n) is 4.05. The summed E-state index contributed by atoms with van der Waals surface area (Å²) in [4.78, 5) is 19.9. The lowest BCUT2D eigenvalue weighted by Gasteiger charge is -2.35. The van der Waals surface area contributed by atoms with E-state index in [4.69, 9.17) is 16.3 Å². The summed E-state index contributed by atoms with van der Waals surface area (Å²) < 4.78 is 7.51. The molecule has 7 heteroatoms. The van der Waals surface area contributed by atoms with Crippen molar-refractivity contribution < 1.29 is 9.53 Å². The number of amides is 1. The van der Waals surface area contributed by atoms with E-state index in [-0.39, 0.29) is 18.5 Å². The summed E-state index contributed by atoms with van der Waals surface area (Å²) in [6, 6.07) is 15.8.